The van der Waals surface area contributed by atoms with E-state index >= 15 is 0 Å². The Bertz CT molecular complexity index is 876. The first-order chi connectivity index (χ1) is 11.2. The van der Waals surface area contributed by atoms with Crippen LogP contribution in [-0.2, 0) is 6.18 Å². The van der Waals surface area contributed by atoms with Gasteiger partial charge in [-0.25, -0.2) is 9.25 Å². The van der Waals surface area contributed by atoms with Crippen molar-refractivity contribution in [1.29, 1.82) is 0 Å². The molecule has 0 atom stereocenters. The minimum atomic E-state index is -4.60. The van der Waals surface area contributed by atoms with Crippen molar-refractivity contribution in [3.05, 3.63) is 52.1 Å². The molecule has 1 aromatic carbocycles. The molecular weight excluding hydrogens is 370 g/mol. The van der Waals surface area contributed by atoms with Gasteiger partial charge in [-0.2, -0.15) is 18.3 Å². The lowest BCUT2D eigenvalue weighted by molar-refractivity contribution is -0.137. The van der Waals surface area contributed by atoms with E-state index in [0.717, 1.165) is 21.4 Å². The number of aromatic hydroxyl groups is 2. The van der Waals surface area contributed by atoms with E-state index in [9.17, 15) is 23.4 Å². The van der Waals surface area contributed by atoms with E-state index in [1.165, 1.54) is 24.4 Å². The number of hydrogen-bond donors (Lipinski definition) is 2. The monoisotopic (exact) mass is 377 g/mol. The van der Waals surface area contributed by atoms with Gasteiger partial charge in [-0.3, -0.25) is 0 Å². The fraction of sp³-hybridized carbons (Fsp3) is 0.0714. The average Bonchev–Trinajstić information content (AvgIpc) is 3.04. The normalized spacial score (nSPS) is 11.9. The summed E-state index contributed by atoms with van der Waals surface area (Å²) in [4.78, 5) is 0. The van der Waals surface area contributed by atoms with Crippen LogP contribution in [0.5, 0.6) is 11.8 Å². The van der Waals surface area contributed by atoms with Crippen LogP contribution in [0, 0.1) is 0 Å². The van der Waals surface area contributed by atoms with Crippen LogP contribution in [-0.4, -0.2) is 24.6 Å². The van der Waals surface area contributed by atoms with E-state index in [-0.39, 0.29) is 33.3 Å². The predicted octanol–water partition coefficient (Wildman–Crippen LogP) is 4.40. The molecule has 3 aromatic rings. The number of rotatable bonds is 2. The van der Waals surface area contributed by atoms with Crippen molar-refractivity contribution in [2.24, 2.45) is 0 Å². The zero-order valence-corrected chi connectivity index (χ0v) is 13.1. The first kappa shape index (κ1) is 16.5. The third-order valence-electron chi connectivity index (χ3n) is 3.25. The molecule has 24 heavy (non-hydrogen) atoms. The molecule has 0 radical (unpaired) electrons. The topological polar surface area (TPSA) is 63.2 Å². The molecule has 0 aliphatic carbocycles. The van der Waals surface area contributed by atoms with Crippen molar-refractivity contribution in [1.82, 2.24) is 14.3 Å². The van der Waals surface area contributed by atoms with Crippen LogP contribution in [0.1, 0.15) is 5.56 Å². The maximum Gasteiger partial charge on any atom is 0.416 e. The highest BCUT2D eigenvalue weighted by atomic mass is 35.5. The molecule has 0 saturated heterocycles. The van der Waals surface area contributed by atoms with Crippen LogP contribution in [0.2, 0.25) is 10.0 Å². The molecule has 10 heteroatoms. The van der Waals surface area contributed by atoms with Crippen LogP contribution in [0.4, 0.5) is 13.2 Å². The number of hydrogen-bond acceptors (Lipinski definition) is 3. The SMILES string of the molecule is Oc1ccc(O)n1-c1ccnn1-c1c(Cl)cc(C(F)(F)F)cc1Cl. The molecule has 3 rings (SSSR count). The van der Waals surface area contributed by atoms with Crippen molar-refractivity contribution in [3.8, 4) is 23.3 Å². The lowest BCUT2D eigenvalue weighted by Crippen LogP contribution is -2.09. The van der Waals surface area contributed by atoms with E-state index in [2.05, 4.69) is 5.10 Å². The molecular formula is C14H8Cl2F3N3O2. The zero-order valence-electron chi connectivity index (χ0n) is 11.6. The van der Waals surface area contributed by atoms with Gasteiger partial charge in [0, 0.05) is 18.2 Å². The van der Waals surface area contributed by atoms with Crippen molar-refractivity contribution in [2.45, 2.75) is 6.18 Å². The Labute approximate surface area is 143 Å². The van der Waals surface area contributed by atoms with Gasteiger partial charge in [-0.15, -0.1) is 0 Å². The molecule has 0 bridgehead atoms. The highest BCUT2D eigenvalue weighted by molar-refractivity contribution is 6.37. The Balaban J connectivity index is 2.21. The number of aromatic nitrogens is 3. The van der Waals surface area contributed by atoms with Crippen LogP contribution in [0.25, 0.3) is 11.5 Å². The van der Waals surface area contributed by atoms with Crippen molar-refractivity contribution < 1.29 is 23.4 Å². The molecule has 2 aromatic heterocycles. The van der Waals surface area contributed by atoms with Crippen LogP contribution >= 0.6 is 23.2 Å². The summed E-state index contributed by atoms with van der Waals surface area (Å²) in [7, 11) is 0. The summed E-state index contributed by atoms with van der Waals surface area (Å²) < 4.78 is 40.6. The van der Waals surface area contributed by atoms with E-state index in [1.54, 1.807) is 0 Å². The second kappa shape index (κ2) is 5.64. The average molecular weight is 378 g/mol. The van der Waals surface area contributed by atoms with Crippen molar-refractivity contribution in [2.75, 3.05) is 0 Å². The third-order valence-corrected chi connectivity index (χ3v) is 3.82. The summed E-state index contributed by atoms with van der Waals surface area (Å²) in [5.74, 6) is -0.458. The smallest absolute Gasteiger partial charge is 0.416 e. The second-order valence-corrected chi connectivity index (χ2v) is 5.59. The fourth-order valence-corrected chi connectivity index (χ4v) is 2.87. The Morgan fingerprint density at radius 1 is 0.958 bits per heavy atom. The van der Waals surface area contributed by atoms with Gasteiger partial charge in [-0.1, -0.05) is 23.2 Å². The standard InChI is InChI=1S/C14H8Cl2F3N3O2/c15-8-5-7(14(17,18)19)6-9(16)13(8)22-10(3-4-20-22)21-11(23)1-2-12(21)24/h1-6,23-24H. The Morgan fingerprint density at radius 2 is 1.50 bits per heavy atom. The van der Waals surface area contributed by atoms with Crippen molar-refractivity contribution >= 4 is 23.2 Å². The van der Waals surface area contributed by atoms with E-state index in [1.807, 2.05) is 0 Å². The molecule has 0 amide bonds. The van der Waals surface area contributed by atoms with Crippen LogP contribution in [0.3, 0.4) is 0 Å². The quantitative estimate of drug-likeness (QED) is 0.695. The van der Waals surface area contributed by atoms with Gasteiger partial charge in [0.1, 0.15) is 11.5 Å². The Morgan fingerprint density at radius 3 is 2.00 bits per heavy atom. The van der Waals surface area contributed by atoms with Gasteiger partial charge in [0.25, 0.3) is 0 Å². The van der Waals surface area contributed by atoms with E-state index in [0.29, 0.717) is 0 Å². The van der Waals surface area contributed by atoms with Crippen LogP contribution in [0.15, 0.2) is 36.5 Å². The minimum Gasteiger partial charge on any atom is -0.494 e. The third kappa shape index (κ3) is 2.67. The van der Waals surface area contributed by atoms with Crippen molar-refractivity contribution in [3.63, 3.8) is 0 Å². The molecule has 0 saturated carbocycles. The first-order valence-corrected chi connectivity index (χ1v) is 7.16. The highest BCUT2D eigenvalue weighted by Gasteiger charge is 2.32. The summed E-state index contributed by atoms with van der Waals surface area (Å²) in [5, 5.41) is 23.0. The number of benzene rings is 1. The Kier molecular flexibility index (Phi) is 3.89. The Hall–Kier alpha value is -2.32. The lowest BCUT2D eigenvalue weighted by atomic mass is 10.2. The molecule has 5 nitrogen and oxygen atoms in total. The van der Waals surface area contributed by atoms with Gasteiger partial charge in [0.2, 0.25) is 0 Å². The van der Waals surface area contributed by atoms with Gasteiger partial charge >= 0.3 is 6.18 Å². The lowest BCUT2D eigenvalue weighted by Gasteiger charge is -2.15. The number of halogens is 5. The summed E-state index contributed by atoms with van der Waals surface area (Å²) in [6, 6.07) is 5.35. The molecule has 0 fully saturated rings. The molecule has 2 N–H and O–H groups in total. The van der Waals surface area contributed by atoms with E-state index in [4.69, 9.17) is 23.2 Å². The van der Waals surface area contributed by atoms with E-state index < -0.39 is 11.7 Å². The summed E-state index contributed by atoms with van der Waals surface area (Å²) in [6.07, 6.45) is -3.28. The molecule has 2 heterocycles. The molecule has 0 aliphatic rings. The largest absolute Gasteiger partial charge is 0.494 e. The maximum atomic E-state index is 12.8. The molecule has 0 spiro atoms. The maximum absolute atomic E-state index is 12.8. The number of nitrogens with zero attached hydrogens (tertiary/aromatic N) is 3. The van der Waals surface area contributed by atoms with Gasteiger partial charge in [0.05, 0.1) is 21.8 Å². The predicted molar refractivity (Wildman–Crippen MR) is 81.2 cm³/mol. The molecule has 126 valence electrons. The zero-order chi connectivity index (χ0) is 17.6. The summed E-state index contributed by atoms with van der Waals surface area (Å²) in [6.45, 7) is 0. The highest BCUT2D eigenvalue weighted by Crippen LogP contribution is 2.38. The van der Waals surface area contributed by atoms with Gasteiger partial charge < -0.3 is 10.2 Å². The second-order valence-electron chi connectivity index (χ2n) is 4.77. The molecule has 0 aliphatic heterocycles. The summed E-state index contributed by atoms with van der Waals surface area (Å²) >= 11 is 11.9. The minimum absolute atomic E-state index is 0.0150. The van der Waals surface area contributed by atoms with Crippen LogP contribution < -0.4 is 0 Å². The summed E-state index contributed by atoms with van der Waals surface area (Å²) in [5.41, 5.74) is -1.01. The van der Waals surface area contributed by atoms with Gasteiger partial charge in [-0.05, 0) is 12.1 Å². The first-order valence-electron chi connectivity index (χ1n) is 6.41. The molecule has 0 unspecified atom stereocenters. The fourth-order valence-electron chi connectivity index (χ4n) is 2.22. The number of alkyl halides is 3. The van der Waals surface area contributed by atoms with Gasteiger partial charge in [0.15, 0.2) is 11.8 Å².